The van der Waals surface area contributed by atoms with Crippen LogP contribution in [0.25, 0.3) is 6.08 Å². The first-order valence-electron chi connectivity index (χ1n) is 10.7. The number of carbonyl (C=O) groups excluding carboxylic acids is 3. The highest BCUT2D eigenvalue weighted by Crippen LogP contribution is 2.27. The third-order valence-corrected chi connectivity index (χ3v) is 5.15. The number of carboxylic acid groups (broad SMARTS) is 1. The van der Waals surface area contributed by atoms with Crippen LogP contribution in [0.2, 0.25) is 10.0 Å². The number of carbonyl (C=O) groups is 4. The summed E-state index contributed by atoms with van der Waals surface area (Å²) in [6.07, 6.45) is 5.14. The van der Waals surface area contributed by atoms with E-state index in [-0.39, 0.29) is 41.2 Å². The van der Waals surface area contributed by atoms with Crippen LogP contribution in [0.1, 0.15) is 35.0 Å². The third kappa shape index (κ3) is 9.44. The summed E-state index contributed by atoms with van der Waals surface area (Å²) >= 11 is 12.5. The molecule has 1 atom stereocenters. The lowest BCUT2D eigenvalue weighted by molar-refractivity contribution is -0.139. The van der Waals surface area contributed by atoms with E-state index in [0.717, 1.165) is 6.42 Å². The molecule has 35 heavy (non-hydrogen) atoms. The van der Waals surface area contributed by atoms with Crippen LogP contribution in [0, 0.1) is 0 Å². The molecule has 0 fully saturated rings. The van der Waals surface area contributed by atoms with Gasteiger partial charge in [0.25, 0.3) is 5.91 Å². The van der Waals surface area contributed by atoms with Crippen LogP contribution >= 0.6 is 23.2 Å². The van der Waals surface area contributed by atoms with Crippen LogP contribution in [-0.4, -0.2) is 54.5 Å². The van der Waals surface area contributed by atoms with Gasteiger partial charge < -0.3 is 30.8 Å². The second kappa shape index (κ2) is 14.1. The fourth-order valence-electron chi connectivity index (χ4n) is 2.82. The van der Waals surface area contributed by atoms with E-state index >= 15 is 0 Å². The molecule has 2 rings (SSSR count). The predicted molar refractivity (Wildman–Crippen MR) is 131 cm³/mol. The fraction of sp³-hybridized carbons (Fsp3) is 0.304. The SMILES string of the molecule is CCCNCC(=O)NC[C@H](NC(=O)c1c(Cl)cc(CNC(=O)/C=C/c2ccco2)cc1Cl)C(=O)O. The van der Waals surface area contributed by atoms with Crippen molar-refractivity contribution < 1.29 is 28.7 Å². The number of furan rings is 1. The molecule has 1 aromatic heterocycles. The molecular formula is C23H26Cl2N4O6. The summed E-state index contributed by atoms with van der Waals surface area (Å²) in [5.74, 6) is -2.42. The molecule has 1 heterocycles. The lowest BCUT2D eigenvalue weighted by atomic mass is 10.1. The Hall–Kier alpha value is -3.34. The second-order valence-corrected chi connectivity index (χ2v) is 8.16. The van der Waals surface area contributed by atoms with Gasteiger partial charge in [0.05, 0.1) is 28.4 Å². The van der Waals surface area contributed by atoms with Gasteiger partial charge in [-0.1, -0.05) is 30.1 Å². The average molecular weight is 525 g/mol. The van der Waals surface area contributed by atoms with Gasteiger partial charge in [-0.25, -0.2) is 4.79 Å². The topological polar surface area (TPSA) is 150 Å². The molecule has 188 valence electrons. The molecule has 0 aliphatic heterocycles. The third-order valence-electron chi connectivity index (χ3n) is 4.56. The summed E-state index contributed by atoms with van der Waals surface area (Å²) in [4.78, 5) is 48.0. The summed E-state index contributed by atoms with van der Waals surface area (Å²) in [7, 11) is 0. The summed E-state index contributed by atoms with van der Waals surface area (Å²) < 4.78 is 5.10. The van der Waals surface area contributed by atoms with Gasteiger partial charge in [0.15, 0.2) is 0 Å². The Balaban J connectivity index is 1.96. The maximum absolute atomic E-state index is 12.7. The highest BCUT2D eigenvalue weighted by atomic mass is 35.5. The van der Waals surface area contributed by atoms with Gasteiger partial charge in [-0.05, 0) is 48.9 Å². The fourth-order valence-corrected chi connectivity index (χ4v) is 3.53. The van der Waals surface area contributed by atoms with Crippen LogP contribution in [0.4, 0.5) is 0 Å². The monoisotopic (exact) mass is 524 g/mol. The van der Waals surface area contributed by atoms with Gasteiger partial charge in [0.2, 0.25) is 11.8 Å². The van der Waals surface area contributed by atoms with Crippen molar-refractivity contribution in [3.8, 4) is 0 Å². The molecule has 0 aliphatic rings. The van der Waals surface area contributed by atoms with E-state index in [1.165, 1.54) is 30.5 Å². The first kappa shape index (κ1) is 27.9. The molecule has 0 bridgehead atoms. The first-order chi connectivity index (χ1) is 16.7. The van der Waals surface area contributed by atoms with Gasteiger partial charge in [-0.3, -0.25) is 14.4 Å². The molecule has 5 N–H and O–H groups in total. The zero-order chi connectivity index (χ0) is 25.8. The molecule has 0 unspecified atom stereocenters. The van der Waals surface area contributed by atoms with Crippen LogP contribution in [0.15, 0.2) is 41.0 Å². The first-order valence-corrected chi connectivity index (χ1v) is 11.4. The minimum atomic E-state index is -1.40. The number of amides is 3. The zero-order valence-corrected chi connectivity index (χ0v) is 20.4. The lowest BCUT2D eigenvalue weighted by Crippen LogP contribution is -2.49. The predicted octanol–water partition coefficient (Wildman–Crippen LogP) is 2.21. The maximum Gasteiger partial charge on any atom is 0.328 e. The quantitative estimate of drug-likeness (QED) is 0.199. The Bertz CT molecular complexity index is 1050. The molecule has 1 aromatic carbocycles. The summed E-state index contributed by atoms with van der Waals surface area (Å²) in [6.45, 7) is 2.38. The number of rotatable bonds is 13. The zero-order valence-electron chi connectivity index (χ0n) is 18.9. The lowest BCUT2D eigenvalue weighted by Gasteiger charge is -2.17. The smallest absolute Gasteiger partial charge is 0.328 e. The number of halogens is 2. The van der Waals surface area contributed by atoms with Crippen LogP contribution in [0.5, 0.6) is 0 Å². The number of carboxylic acids is 1. The van der Waals surface area contributed by atoms with Gasteiger partial charge in [-0.2, -0.15) is 0 Å². The molecule has 0 aliphatic carbocycles. The Morgan fingerprint density at radius 3 is 2.46 bits per heavy atom. The van der Waals surface area contributed by atoms with Gasteiger partial charge in [0, 0.05) is 19.2 Å². The van der Waals surface area contributed by atoms with E-state index in [1.54, 1.807) is 12.1 Å². The molecule has 0 saturated carbocycles. The number of benzene rings is 1. The highest BCUT2D eigenvalue weighted by Gasteiger charge is 2.24. The Morgan fingerprint density at radius 2 is 1.86 bits per heavy atom. The maximum atomic E-state index is 12.7. The Labute approximate surface area is 212 Å². The Morgan fingerprint density at radius 1 is 1.14 bits per heavy atom. The van der Waals surface area contributed by atoms with Crippen molar-refractivity contribution in [2.45, 2.75) is 25.9 Å². The van der Waals surface area contributed by atoms with Crippen LogP contribution < -0.4 is 21.3 Å². The van der Waals surface area contributed by atoms with Crippen LogP contribution in [-0.2, 0) is 20.9 Å². The largest absolute Gasteiger partial charge is 0.480 e. The van der Waals surface area contributed by atoms with Gasteiger partial charge >= 0.3 is 5.97 Å². The van der Waals surface area contributed by atoms with Crippen molar-refractivity contribution in [3.63, 3.8) is 0 Å². The van der Waals surface area contributed by atoms with Crippen molar-refractivity contribution in [3.05, 3.63) is 63.5 Å². The van der Waals surface area contributed by atoms with Crippen molar-refractivity contribution >= 4 is 53.0 Å². The van der Waals surface area contributed by atoms with Crippen molar-refractivity contribution in [2.75, 3.05) is 19.6 Å². The summed E-state index contributed by atoms with van der Waals surface area (Å²) in [5.41, 5.74) is 0.404. The van der Waals surface area contributed by atoms with E-state index < -0.39 is 23.8 Å². The molecule has 12 heteroatoms. The molecule has 0 spiro atoms. The van der Waals surface area contributed by atoms with Gasteiger partial charge in [0.1, 0.15) is 11.8 Å². The Kier molecular flexibility index (Phi) is 11.3. The summed E-state index contributed by atoms with van der Waals surface area (Å²) in [5, 5.41) is 19.6. The number of nitrogens with one attached hydrogen (secondary N) is 4. The number of hydrogen-bond donors (Lipinski definition) is 5. The van der Waals surface area contributed by atoms with Crippen molar-refractivity contribution in [1.29, 1.82) is 0 Å². The minimum absolute atomic E-state index is 0.0256. The molecule has 0 saturated heterocycles. The van der Waals surface area contributed by atoms with E-state index in [4.69, 9.17) is 27.6 Å². The standard InChI is InChI=1S/C23H26Cl2N4O6/c1-2-7-26-13-20(31)28-12-18(23(33)34)29-22(32)21-16(24)9-14(10-17(21)25)11-27-19(30)6-5-15-4-3-8-35-15/h3-6,8-10,18,26H,2,7,11-13H2,1H3,(H,27,30)(H,28,31)(H,29,32)(H,33,34)/b6-5+/t18-/m0/s1. The van der Waals surface area contributed by atoms with Crippen LogP contribution in [0.3, 0.4) is 0 Å². The van der Waals surface area contributed by atoms with E-state index in [9.17, 15) is 24.3 Å². The van der Waals surface area contributed by atoms with Crippen molar-refractivity contribution in [1.82, 2.24) is 21.3 Å². The highest BCUT2D eigenvalue weighted by molar-refractivity contribution is 6.39. The number of aliphatic carboxylic acids is 1. The van der Waals surface area contributed by atoms with E-state index in [2.05, 4.69) is 21.3 Å². The molecule has 3 amide bonds. The van der Waals surface area contributed by atoms with Crippen molar-refractivity contribution in [2.24, 2.45) is 0 Å². The minimum Gasteiger partial charge on any atom is -0.480 e. The van der Waals surface area contributed by atoms with E-state index in [1.807, 2.05) is 6.92 Å². The number of hydrogen-bond acceptors (Lipinski definition) is 6. The molecular weight excluding hydrogens is 499 g/mol. The normalized spacial score (nSPS) is 11.7. The molecule has 2 aromatic rings. The van der Waals surface area contributed by atoms with Gasteiger partial charge in [-0.15, -0.1) is 0 Å². The summed E-state index contributed by atoms with van der Waals surface area (Å²) in [6, 6.07) is 4.87. The average Bonchev–Trinajstić information content (AvgIpc) is 3.32. The molecule has 0 radical (unpaired) electrons. The molecule has 10 nitrogen and oxygen atoms in total. The second-order valence-electron chi connectivity index (χ2n) is 7.35. The van der Waals surface area contributed by atoms with E-state index in [0.29, 0.717) is 17.9 Å².